The normalized spacial score (nSPS) is 13.0. The van der Waals surface area contributed by atoms with Crippen LogP contribution in [-0.2, 0) is 6.42 Å². The topological polar surface area (TPSA) is 31.2 Å². The fraction of sp³-hybridized carbons (Fsp3) is 0.310. The molecule has 0 radical (unpaired) electrons. The fourth-order valence-electron chi connectivity index (χ4n) is 3.94. The highest BCUT2D eigenvalue weighted by molar-refractivity contribution is 6.80. The van der Waals surface area contributed by atoms with E-state index in [0.717, 1.165) is 35.6 Å². The van der Waals surface area contributed by atoms with E-state index in [0.29, 0.717) is 0 Å². The van der Waals surface area contributed by atoms with Crippen molar-refractivity contribution in [2.75, 3.05) is 9.35 Å². The first-order valence-electron chi connectivity index (χ1n) is 12.4. The number of nitrogens with zero attached hydrogens (tertiary/aromatic N) is 4. The van der Waals surface area contributed by atoms with Crippen LogP contribution in [0.25, 0.3) is 0 Å². The lowest BCUT2D eigenvalue weighted by Crippen LogP contribution is -2.44. The largest absolute Gasteiger partial charge is 0.295 e. The van der Waals surface area contributed by atoms with Crippen LogP contribution < -0.4 is 9.35 Å². The molecule has 0 aliphatic rings. The van der Waals surface area contributed by atoms with E-state index in [1.54, 1.807) is 0 Å². The zero-order valence-electron chi connectivity index (χ0n) is 22.4. The zero-order chi connectivity index (χ0) is 25.5. The number of hydrogen-bond donors (Lipinski definition) is 0. The Morgan fingerprint density at radius 3 is 1.43 bits per heavy atom. The number of anilines is 2. The molecule has 4 nitrogen and oxygen atoms in total. The van der Waals surface area contributed by atoms with Crippen molar-refractivity contribution in [1.29, 1.82) is 0 Å². The molecular weight excluding hydrogens is 461 g/mol. The van der Waals surface area contributed by atoms with Gasteiger partial charge in [0.05, 0.1) is 0 Å². The molecule has 0 amide bonds. The third-order valence-corrected chi connectivity index (χ3v) is 8.75. The molecule has 0 fully saturated rings. The summed E-state index contributed by atoms with van der Waals surface area (Å²) in [6.07, 6.45) is 1.54. The van der Waals surface area contributed by atoms with Crippen LogP contribution in [0.1, 0.15) is 18.9 Å². The minimum atomic E-state index is -1.77. The molecule has 0 aromatic heterocycles. The summed E-state index contributed by atoms with van der Waals surface area (Å²) in [7, 11) is -3.50. The van der Waals surface area contributed by atoms with Gasteiger partial charge in [0.25, 0.3) is 0 Å². The highest BCUT2D eigenvalue weighted by Gasteiger charge is 2.27. The molecule has 0 aliphatic carbocycles. The molecule has 0 unspecified atom stereocenters. The van der Waals surface area contributed by atoms with E-state index in [1.165, 1.54) is 5.56 Å². The summed E-state index contributed by atoms with van der Waals surface area (Å²) in [4.78, 5) is 0. The molecule has 0 saturated carbocycles. The smallest absolute Gasteiger partial charge is 0.176 e. The van der Waals surface area contributed by atoms with Crippen LogP contribution in [0.5, 0.6) is 0 Å². The Labute approximate surface area is 214 Å². The first kappa shape index (κ1) is 26.6. The minimum Gasteiger partial charge on any atom is -0.295 e. The van der Waals surface area contributed by atoms with Gasteiger partial charge in [-0.25, -0.2) is 0 Å². The maximum Gasteiger partial charge on any atom is 0.176 e. The van der Waals surface area contributed by atoms with Gasteiger partial charge >= 0.3 is 0 Å². The summed E-state index contributed by atoms with van der Waals surface area (Å²) in [5.41, 5.74) is 5.79. The second-order valence-corrected chi connectivity index (χ2v) is 20.5. The summed E-state index contributed by atoms with van der Waals surface area (Å²) >= 11 is 0. The predicted octanol–water partition coefficient (Wildman–Crippen LogP) is 8.03. The number of rotatable bonds is 10. The van der Waals surface area contributed by atoms with Crippen LogP contribution in [0.4, 0.5) is 11.4 Å². The average molecular weight is 501 g/mol. The molecule has 184 valence electrons. The third-order valence-electron chi connectivity index (χ3n) is 5.50. The molecule has 3 aromatic rings. The predicted molar refractivity (Wildman–Crippen MR) is 160 cm³/mol. The van der Waals surface area contributed by atoms with Crippen LogP contribution in [0, 0.1) is 0 Å². The van der Waals surface area contributed by atoms with Gasteiger partial charge in [0.2, 0.25) is 0 Å². The number of hydrazone groups is 2. The lowest BCUT2D eigenvalue weighted by Gasteiger charge is -2.33. The van der Waals surface area contributed by atoms with E-state index in [2.05, 4.69) is 147 Å². The SMILES string of the molecule is CC(CC(Cc1ccccc1)=NN(c1ccccc1)[Si](C)(C)C)=NN(c1ccccc1)[Si](C)(C)C. The van der Waals surface area contributed by atoms with Crippen molar-refractivity contribution in [1.82, 2.24) is 0 Å². The van der Waals surface area contributed by atoms with Crippen molar-refractivity contribution in [2.45, 2.75) is 59.0 Å². The molecule has 3 aromatic carbocycles. The van der Waals surface area contributed by atoms with Crippen LogP contribution in [0.3, 0.4) is 0 Å². The number of hydrogen-bond acceptors (Lipinski definition) is 4. The lowest BCUT2D eigenvalue weighted by atomic mass is 10.0. The molecule has 3 rings (SSSR count). The average Bonchev–Trinajstić information content (AvgIpc) is 2.81. The standard InChI is InChI=1S/C29H40N4Si2/c1-25(30-32(34(2,3)4)28-19-13-9-14-20-28)23-27(24-26-17-11-8-12-18-26)31-33(35(5,6)7)29-21-15-10-16-22-29/h8-22H,23-24H2,1-7H3. The van der Waals surface area contributed by atoms with Gasteiger partial charge in [0, 0.05) is 35.6 Å². The molecule has 35 heavy (non-hydrogen) atoms. The summed E-state index contributed by atoms with van der Waals surface area (Å²) < 4.78 is 4.54. The van der Waals surface area contributed by atoms with E-state index in [4.69, 9.17) is 10.2 Å². The van der Waals surface area contributed by atoms with Gasteiger partial charge in [0.15, 0.2) is 16.5 Å². The maximum absolute atomic E-state index is 5.32. The van der Waals surface area contributed by atoms with Crippen LogP contribution in [-0.4, -0.2) is 27.9 Å². The Kier molecular flexibility index (Phi) is 8.86. The van der Waals surface area contributed by atoms with Crippen molar-refractivity contribution >= 4 is 39.3 Å². The number of para-hydroxylation sites is 2. The minimum absolute atomic E-state index is 0.733. The second kappa shape index (κ2) is 11.6. The quantitative estimate of drug-likeness (QED) is 0.160. The first-order valence-corrected chi connectivity index (χ1v) is 19.3. The maximum atomic E-state index is 5.32. The van der Waals surface area contributed by atoms with Crippen molar-refractivity contribution in [3.8, 4) is 0 Å². The van der Waals surface area contributed by atoms with E-state index >= 15 is 0 Å². The highest BCUT2D eigenvalue weighted by atomic mass is 28.3. The molecule has 0 saturated heterocycles. The van der Waals surface area contributed by atoms with Crippen molar-refractivity contribution in [3.05, 3.63) is 96.6 Å². The van der Waals surface area contributed by atoms with E-state index < -0.39 is 16.5 Å². The van der Waals surface area contributed by atoms with Gasteiger partial charge in [-0.2, -0.15) is 10.2 Å². The summed E-state index contributed by atoms with van der Waals surface area (Å²) in [6.45, 7) is 16.2. The molecule has 0 heterocycles. The molecule has 0 bridgehead atoms. The summed E-state index contributed by atoms with van der Waals surface area (Å²) in [5.74, 6) is 0. The Hall–Kier alpha value is -2.97. The molecule has 0 N–H and O–H groups in total. The molecule has 0 atom stereocenters. The fourth-order valence-corrected chi connectivity index (χ4v) is 6.70. The molecular formula is C29H40N4Si2. The van der Waals surface area contributed by atoms with Gasteiger partial charge in [-0.15, -0.1) is 0 Å². The van der Waals surface area contributed by atoms with Gasteiger partial charge in [-0.3, -0.25) is 9.35 Å². The lowest BCUT2D eigenvalue weighted by molar-refractivity contribution is 1.07. The van der Waals surface area contributed by atoms with Crippen molar-refractivity contribution < 1.29 is 0 Å². The number of benzene rings is 3. The van der Waals surface area contributed by atoms with Crippen molar-refractivity contribution in [2.24, 2.45) is 10.2 Å². The molecule has 0 aliphatic heterocycles. The van der Waals surface area contributed by atoms with Gasteiger partial charge in [-0.1, -0.05) is 66.7 Å². The highest BCUT2D eigenvalue weighted by Crippen LogP contribution is 2.24. The monoisotopic (exact) mass is 500 g/mol. The van der Waals surface area contributed by atoms with Gasteiger partial charge in [0.1, 0.15) is 0 Å². The Morgan fingerprint density at radius 1 is 0.600 bits per heavy atom. The van der Waals surface area contributed by atoms with E-state index in [1.807, 2.05) is 0 Å². The van der Waals surface area contributed by atoms with E-state index in [-0.39, 0.29) is 0 Å². The van der Waals surface area contributed by atoms with Crippen LogP contribution in [0.15, 0.2) is 101 Å². The van der Waals surface area contributed by atoms with Crippen molar-refractivity contribution in [3.63, 3.8) is 0 Å². The van der Waals surface area contributed by atoms with Crippen LogP contribution >= 0.6 is 0 Å². The Bertz CT molecular complexity index is 1120. The van der Waals surface area contributed by atoms with Gasteiger partial charge in [-0.05, 0) is 76.0 Å². The third kappa shape index (κ3) is 8.04. The first-order chi connectivity index (χ1) is 16.5. The zero-order valence-corrected chi connectivity index (χ0v) is 24.4. The molecule has 6 heteroatoms. The summed E-state index contributed by atoms with van der Waals surface area (Å²) in [6, 6.07) is 31.7. The van der Waals surface area contributed by atoms with Crippen LogP contribution in [0.2, 0.25) is 39.3 Å². The van der Waals surface area contributed by atoms with E-state index in [9.17, 15) is 0 Å². The summed E-state index contributed by atoms with van der Waals surface area (Å²) in [5, 5.41) is 10.5. The Morgan fingerprint density at radius 2 is 1.00 bits per heavy atom. The second-order valence-electron chi connectivity index (χ2n) is 11.0. The molecule has 0 spiro atoms. The Balaban J connectivity index is 2.00. The van der Waals surface area contributed by atoms with Gasteiger partial charge < -0.3 is 0 Å².